The SMILES string of the molecule is O=C(NCCC1CCCCO1)c1cccc2c1NCCC2. The molecule has 0 aliphatic carbocycles. The monoisotopic (exact) mass is 288 g/mol. The highest BCUT2D eigenvalue weighted by atomic mass is 16.5. The van der Waals surface area contributed by atoms with Gasteiger partial charge in [0.25, 0.3) is 5.91 Å². The Hall–Kier alpha value is -1.55. The number of fused-ring (bicyclic) bond motifs is 1. The van der Waals surface area contributed by atoms with Crippen molar-refractivity contribution in [3.8, 4) is 0 Å². The van der Waals surface area contributed by atoms with Crippen molar-refractivity contribution in [3.63, 3.8) is 0 Å². The summed E-state index contributed by atoms with van der Waals surface area (Å²) in [6, 6.07) is 5.99. The molecule has 3 rings (SSSR count). The lowest BCUT2D eigenvalue weighted by Crippen LogP contribution is -2.30. The van der Waals surface area contributed by atoms with E-state index in [1.165, 1.54) is 18.4 Å². The van der Waals surface area contributed by atoms with Crippen molar-refractivity contribution >= 4 is 11.6 Å². The predicted molar refractivity (Wildman–Crippen MR) is 83.8 cm³/mol. The molecule has 114 valence electrons. The smallest absolute Gasteiger partial charge is 0.253 e. The molecule has 0 aromatic heterocycles. The number of benzene rings is 1. The lowest BCUT2D eigenvalue weighted by molar-refractivity contribution is 0.0117. The fourth-order valence-corrected chi connectivity index (χ4v) is 3.18. The van der Waals surface area contributed by atoms with Crippen LogP contribution in [-0.2, 0) is 11.2 Å². The molecule has 2 N–H and O–H groups in total. The fraction of sp³-hybridized carbons (Fsp3) is 0.588. The Morgan fingerprint density at radius 2 is 2.29 bits per heavy atom. The summed E-state index contributed by atoms with van der Waals surface area (Å²) >= 11 is 0. The zero-order valence-corrected chi connectivity index (χ0v) is 12.5. The van der Waals surface area contributed by atoms with Crippen LogP contribution in [0.1, 0.15) is 48.0 Å². The highest BCUT2D eigenvalue weighted by Gasteiger charge is 2.18. The summed E-state index contributed by atoms with van der Waals surface area (Å²) in [7, 11) is 0. The number of ether oxygens (including phenoxy) is 1. The Morgan fingerprint density at radius 3 is 3.14 bits per heavy atom. The minimum absolute atomic E-state index is 0.0251. The van der Waals surface area contributed by atoms with E-state index in [0.717, 1.165) is 50.1 Å². The first-order valence-corrected chi connectivity index (χ1v) is 8.10. The van der Waals surface area contributed by atoms with Gasteiger partial charge in [0.1, 0.15) is 0 Å². The molecule has 0 spiro atoms. The van der Waals surface area contributed by atoms with Gasteiger partial charge in [-0.25, -0.2) is 0 Å². The summed E-state index contributed by atoms with van der Waals surface area (Å²) in [5.41, 5.74) is 3.05. The Bertz CT molecular complexity index is 496. The molecule has 4 heteroatoms. The Kier molecular flexibility index (Phi) is 4.76. The van der Waals surface area contributed by atoms with Crippen LogP contribution in [0.15, 0.2) is 18.2 Å². The van der Waals surface area contributed by atoms with Crippen LogP contribution in [0.4, 0.5) is 5.69 Å². The van der Waals surface area contributed by atoms with E-state index in [1.807, 2.05) is 12.1 Å². The second-order valence-electron chi connectivity index (χ2n) is 5.90. The van der Waals surface area contributed by atoms with Gasteiger partial charge >= 0.3 is 0 Å². The van der Waals surface area contributed by atoms with Crippen LogP contribution in [0.3, 0.4) is 0 Å². The van der Waals surface area contributed by atoms with E-state index in [0.29, 0.717) is 12.6 Å². The Labute approximate surface area is 126 Å². The number of nitrogens with one attached hydrogen (secondary N) is 2. The van der Waals surface area contributed by atoms with Gasteiger partial charge in [-0.05, 0) is 50.2 Å². The molecule has 1 atom stereocenters. The van der Waals surface area contributed by atoms with Gasteiger partial charge in [0.05, 0.1) is 17.4 Å². The van der Waals surface area contributed by atoms with Crippen LogP contribution >= 0.6 is 0 Å². The van der Waals surface area contributed by atoms with Crippen LogP contribution in [0, 0.1) is 0 Å². The summed E-state index contributed by atoms with van der Waals surface area (Å²) in [6.07, 6.45) is 6.96. The molecule has 1 unspecified atom stereocenters. The largest absolute Gasteiger partial charge is 0.384 e. The van der Waals surface area contributed by atoms with E-state index < -0.39 is 0 Å². The van der Waals surface area contributed by atoms with Gasteiger partial charge in [-0.15, -0.1) is 0 Å². The second kappa shape index (κ2) is 6.94. The summed E-state index contributed by atoms with van der Waals surface area (Å²) in [5.74, 6) is 0.0251. The second-order valence-corrected chi connectivity index (χ2v) is 5.90. The number of hydrogen-bond donors (Lipinski definition) is 2. The van der Waals surface area contributed by atoms with Crippen LogP contribution < -0.4 is 10.6 Å². The Balaban J connectivity index is 1.55. The number of anilines is 1. The molecule has 1 aromatic rings. The molecule has 0 saturated carbocycles. The lowest BCUT2D eigenvalue weighted by Gasteiger charge is -2.23. The van der Waals surface area contributed by atoms with Gasteiger partial charge in [0, 0.05) is 19.7 Å². The molecular formula is C17H24N2O2. The maximum absolute atomic E-state index is 12.4. The summed E-state index contributed by atoms with van der Waals surface area (Å²) in [4.78, 5) is 12.4. The van der Waals surface area contributed by atoms with Crippen molar-refractivity contribution in [1.29, 1.82) is 0 Å². The maximum Gasteiger partial charge on any atom is 0.253 e. The summed E-state index contributed by atoms with van der Waals surface area (Å²) < 4.78 is 5.69. The number of rotatable bonds is 4. The minimum Gasteiger partial charge on any atom is -0.384 e. The normalized spacial score (nSPS) is 21.2. The average molecular weight is 288 g/mol. The highest BCUT2D eigenvalue weighted by molar-refractivity contribution is 6.00. The number of carbonyl (C=O) groups excluding carboxylic acids is 1. The average Bonchev–Trinajstić information content (AvgIpc) is 2.55. The van der Waals surface area contributed by atoms with Crippen LogP contribution in [-0.4, -0.2) is 31.7 Å². The van der Waals surface area contributed by atoms with Crippen molar-refractivity contribution in [2.45, 2.75) is 44.6 Å². The van der Waals surface area contributed by atoms with Gasteiger partial charge in [-0.3, -0.25) is 4.79 Å². The van der Waals surface area contributed by atoms with Gasteiger partial charge < -0.3 is 15.4 Å². The lowest BCUT2D eigenvalue weighted by atomic mass is 9.99. The number of carbonyl (C=O) groups is 1. The first-order chi connectivity index (χ1) is 10.3. The highest BCUT2D eigenvalue weighted by Crippen LogP contribution is 2.26. The molecule has 2 heterocycles. The van der Waals surface area contributed by atoms with E-state index in [-0.39, 0.29) is 5.91 Å². The molecule has 1 saturated heterocycles. The fourth-order valence-electron chi connectivity index (χ4n) is 3.18. The van der Waals surface area contributed by atoms with Gasteiger partial charge in [-0.2, -0.15) is 0 Å². The third-order valence-corrected chi connectivity index (χ3v) is 4.35. The molecule has 1 amide bonds. The van der Waals surface area contributed by atoms with E-state index in [4.69, 9.17) is 4.74 Å². The first kappa shape index (κ1) is 14.4. The van der Waals surface area contributed by atoms with Gasteiger partial charge in [0.2, 0.25) is 0 Å². The molecule has 2 aliphatic heterocycles. The van der Waals surface area contributed by atoms with Crippen molar-refractivity contribution in [2.24, 2.45) is 0 Å². The molecule has 0 bridgehead atoms. The summed E-state index contributed by atoms with van der Waals surface area (Å²) in [6.45, 7) is 2.51. The molecular weight excluding hydrogens is 264 g/mol. The summed E-state index contributed by atoms with van der Waals surface area (Å²) in [5, 5.41) is 6.40. The number of amides is 1. The molecule has 21 heavy (non-hydrogen) atoms. The molecule has 4 nitrogen and oxygen atoms in total. The molecule has 1 fully saturated rings. The standard InChI is InChI=1S/C17H24N2O2/c20-17(19-11-9-14-7-1-2-12-21-14)15-8-3-5-13-6-4-10-18-16(13)15/h3,5,8,14,18H,1-2,4,6-7,9-12H2,(H,19,20). The third-order valence-electron chi connectivity index (χ3n) is 4.35. The minimum atomic E-state index is 0.0251. The maximum atomic E-state index is 12.4. The van der Waals surface area contributed by atoms with E-state index in [9.17, 15) is 4.79 Å². The molecule has 1 aromatic carbocycles. The Morgan fingerprint density at radius 1 is 1.33 bits per heavy atom. The number of aryl methyl sites for hydroxylation is 1. The molecule has 0 radical (unpaired) electrons. The van der Waals surface area contributed by atoms with Crippen molar-refractivity contribution in [2.75, 3.05) is 25.0 Å². The number of hydrogen-bond acceptors (Lipinski definition) is 3. The first-order valence-electron chi connectivity index (χ1n) is 8.10. The van der Waals surface area contributed by atoms with Crippen LogP contribution in [0.2, 0.25) is 0 Å². The quantitative estimate of drug-likeness (QED) is 0.895. The zero-order chi connectivity index (χ0) is 14.5. The molecule has 2 aliphatic rings. The van der Waals surface area contributed by atoms with Crippen LogP contribution in [0.5, 0.6) is 0 Å². The third kappa shape index (κ3) is 3.56. The van der Waals surface area contributed by atoms with Gasteiger partial charge in [0.15, 0.2) is 0 Å². The van der Waals surface area contributed by atoms with Gasteiger partial charge in [-0.1, -0.05) is 12.1 Å². The van der Waals surface area contributed by atoms with E-state index >= 15 is 0 Å². The number of para-hydroxylation sites is 1. The van der Waals surface area contributed by atoms with Crippen molar-refractivity contribution in [3.05, 3.63) is 29.3 Å². The topological polar surface area (TPSA) is 50.4 Å². The van der Waals surface area contributed by atoms with Crippen molar-refractivity contribution in [1.82, 2.24) is 5.32 Å². The van der Waals surface area contributed by atoms with Crippen LogP contribution in [0.25, 0.3) is 0 Å². The van der Waals surface area contributed by atoms with Crippen molar-refractivity contribution < 1.29 is 9.53 Å². The predicted octanol–water partition coefficient (Wildman–Crippen LogP) is 2.73. The van der Waals surface area contributed by atoms with E-state index in [2.05, 4.69) is 16.7 Å². The van der Waals surface area contributed by atoms with E-state index in [1.54, 1.807) is 0 Å². The zero-order valence-electron chi connectivity index (χ0n) is 12.5.